The van der Waals surface area contributed by atoms with Gasteiger partial charge in [-0.3, -0.25) is 14.4 Å². The third-order valence-corrected chi connectivity index (χ3v) is 7.63. The molecule has 4 rings (SSSR count). The first kappa shape index (κ1) is 28.9. The van der Waals surface area contributed by atoms with Gasteiger partial charge in [-0.15, -0.1) is 0 Å². The number of anilines is 2. The van der Waals surface area contributed by atoms with Crippen molar-refractivity contribution in [1.82, 2.24) is 9.80 Å². The minimum Gasteiger partial charge on any atom is -0.369 e. The van der Waals surface area contributed by atoms with E-state index in [2.05, 4.69) is 17.1 Å². The minimum absolute atomic E-state index is 0.0666. The van der Waals surface area contributed by atoms with Crippen LogP contribution in [0.25, 0.3) is 0 Å². The van der Waals surface area contributed by atoms with Crippen LogP contribution in [0.5, 0.6) is 0 Å². The lowest BCUT2D eigenvalue weighted by atomic mass is 9.95. The summed E-state index contributed by atoms with van der Waals surface area (Å²) >= 11 is 0. The number of rotatable bonds is 9. The lowest BCUT2D eigenvalue weighted by Gasteiger charge is -2.29. The third kappa shape index (κ3) is 6.71. The van der Waals surface area contributed by atoms with Crippen molar-refractivity contribution >= 4 is 29.1 Å². The van der Waals surface area contributed by atoms with Crippen LogP contribution in [0.3, 0.4) is 0 Å². The smallest absolute Gasteiger partial charge is 0.256 e. The molecule has 1 aliphatic heterocycles. The number of nitrogens with one attached hydrogen (secondary N) is 1. The zero-order valence-electron chi connectivity index (χ0n) is 23.8. The molecule has 0 saturated carbocycles. The number of hydrogen-bond donors (Lipinski definition) is 1. The molecule has 0 bridgehead atoms. The number of hydrogen-bond acceptors (Lipinski definition) is 4. The number of carbonyl (C=O) groups excluding carboxylic acids is 3. The molecular weight excluding hydrogens is 500 g/mol. The van der Waals surface area contributed by atoms with Crippen LogP contribution < -0.4 is 10.2 Å². The second kappa shape index (κ2) is 13.8. The van der Waals surface area contributed by atoms with Crippen molar-refractivity contribution in [2.24, 2.45) is 0 Å². The van der Waals surface area contributed by atoms with Crippen molar-refractivity contribution < 1.29 is 14.4 Å². The predicted octanol–water partition coefficient (Wildman–Crippen LogP) is 5.65. The van der Waals surface area contributed by atoms with Crippen LogP contribution in [0.15, 0.2) is 78.9 Å². The molecule has 0 aromatic heterocycles. The van der Waals surface area contributed by atoms with Crippen molar-refractivity contribution in [2.75, 3.05) is 49.5 Å². The molecule has 0 radical (unpaired) electrons. The van der Waals surface area contributed by atoms with Crippen LogP contribution in [0.4, 0.5) is 11.4 Å². The Hall–Kier alpha value is -4.13. The second-order valence-electron chi connectivity index (χ2n) is 10.1. The summed E-state index contributed by atoms with van der Waals surface area (Å²) in [6.07, 6.45) is 1.56. The first-order valence-electron chi connectivity index (χ1n) is 14.3. The lowest BCUT2D eigenvalue weighted by molar-refractivity contribution is -0.132. The highest BCUT2D eigenvalue weighted by atomic mass is 16.2. The van der Waals surface area contributed by atoms with E-state index >= 15 is 0 Å². The maximum Gasteiger partial charge on any atom is 0.256 e. The molecule has 3 amide bonds. The van der Waals surface area contributed by atoms with Gasteiger partial charge in [-0.05, 0) is 62.6 Å². The Kier molecular flexibility index (Phi) is 9.95. The summed E-state index contributed by atoms with van der Waals surface area (Å²) in [5.74, 6) is -0.278. The van der Waals surface area contributed by atoms with E-state index in [1.165, 1.54) is 0 Å². The molecular formula is C33H40N4O3. The van der Waals surface area contributed by atoms with Crippen molar-refractivity contribution in [1.29, 1.82) is 0 Å². The molecule has 7 nitrogen and oxygen atoms in total. The fraction of sp³-hybridized carbons (Fsp3) is 0.364. The zero-order valence-corrected chi connectivity index (χ0v) is 23.8. The topological polar surface area (TPSA) is 73.0 Å². The monoisotopic (exact) mass is 540 g/mol. The van der Waals surface area contributed by atoms with Crippen molar-refractivity contribution in [3.05, 3.63) is 95.6 Å². The van der Waals surface area contributed by atoms with E-state index in [4.69, 9.17) is 0 Å². The number of nitrogens with zero attached hydrogens (tertiary/aromatic N) is 3. The molecule has 3 aromatic carbocycles. The first-order chi connectivity index (χ1) is 19.5. The van der Waals surface area contributed by atoms with E-state index in [0.29, 0.717) is 49.5 Å². The van der Waals surface area contributed by atoms with Gasteiger partial charge in [-0.25, -0.2) is 0 Å². The summed E-state index contributed by atoms with van der Waals surface area (Å²) < 4.78 is 0. The fourth-order valence-electron chi connectivity index (χ4n) is 5.37. The van der Waals surface area contributed by atoms with Gasteiger partial charge in [0, 0.05) is 56.2 Å². The Morgan fingerprint density at radius 2 is 1.50 bits per heavy atom. The van der Waals surface area contributed by atoms with Gasteiger partial charge in [-0.1, -0.05) is 55.5 Å². The molecule has 1 unspecified atom stereocenters. The van der Waals surface area contributed by atoms with Crippen molar-refractivity contribution in [2.45, 2.75) is 39.5 Å². The van der Waals surface area contributed by atoms with Crippen LogP contribution in [0.2, 0.25) is 0 Å². The summed E-state index contributed by atoms with van der Waals surface area (Å²) in [5.41, 5.74) is 3.58. The second-order valence-corrected chi connectivity index (χ2v) is 10.1. The maximum atomic E-state index is 13.6. The number of benzene rings is 3. The molecule has 3 aromatic rings. The largest absolute Gasteiger partial charge is 0.369 e. The Labute approximate surface area is 237 Å². The Bertz CT molecular complexity index is 1290. The Balaban J connectivity index is 1.56. The van der Waals surface area contributed by atoms with Crippen LogP contribution in [0.1, 0.15) is 65.8 Å². The van der Waals surface area contributed by atoms with Crippen LogP contribution in [-0.4, -0.2) is 66.8 Å². The summed E-state index contributed by atoms with van der Waals surface area (Å²) in [7, 11) is 0. The number of amides is 3. The van der Waals surface area contributed by atoms with Gasteiger partial charge in [0.2, 0.25) is 5.91 Å². The maximum absolute atomic E-state index is 13.6. The quantitative estimate of drug-likeness (QED) is 0.381. The molecule has 1 atom stereocenters. The molecule has 0 aliphatic carbocycles. The van der Waals surface area contributed by atoms with Gasteiger partial charge in [0.05, 0.1) is 11.5 Å². The average Bonchev–Trinajstić information content (AvgIpc) is 3.25. The zero-order chi connectivity index (χ0) is 28.5. The summed E-state index contributed by atoms with van der Waals surface area (Å²) in [6.45, 7) is 9.82. The van der Waals surface area contributed by atoms with E-state index < -0.39 is 0 Å². The molecule has 0 spiro atoms. The SMILES string of the molecule is CCC(C(=O)N1CCCN(c2ccc(NC(=O)c3ccccc3)cc2C(=O)N(CC)CC)CC1)c1ccccc1. The molecule has 40 heavy (non-hydrogen) atoms. The molecule has 1 saturated heterocycles. The first-order valence-corrected chi connectivity index (χ1v) is 14.3. The Morgan fingerprint density at radius 3 is 2.15 bits per heavy atom. The average molecular weight is 541 g/mol. The molecule has 1 N–H and O–H groups in total. The summed E-state index contributed by atoms with van der Waals surface area (Å²) in [5, 5.41) is 2.95. The van der Waals surface area contributed by atoms with Gasteiger partial charge >= 0.3 is 0 Å². The van der Waals surface area contributed by atoms with Crippen LogP contribution in [0, 0.1) is 0 Å². The van der Waals surface area contributed by atoms with Gasteiger partial charge in [0.25, 0.3) is 11.8 Å². The highest BCUT2D eigenvalue weighted by Gasteiger charge is 2.28. The van der Waals surface area contributed by atoms with E-state index in [0.717, 1.165) is 30.6 Å². The highest BCUT2D eigenvalue weighted by Crippen LogP contribution is 2.29. The molecule has 1 heterocycles. The van der Waals surface area contributed by atoms with E-state index in [9.17, 15) is 14.4 Å². The molecule has 1 aliphatic rings. The molecule has 7 heteroatoms. The van der Waals surface area contributed by atoms with Crippen LogP contribution in [-0.2, 0) is 4.79 Å². The third-order valence-electron chi connectivity index (χ3n) is 7.63. The molecule has 210 valence electrons. The fourth-order valence-corrected chi connectivity index (χ4v) is 5.37. The van der Waals surface area contributed by atoms with E-state index in [1.54, 1.807) is 23.1 Å². The lowest BCUT2D eigenvalue weighted by Crippen LogP contribution is -2.38. The van der Waals surface area contributed by atoms with E-state index in [-0.39, 0.29) is 23.6 Å². The summed E-state index contributed by atoms with van der Waals surface area (Å²) in [4.78, 5) is 46.0. The van der Waals surface area contributed by atoms with Gasteiger partial charge in [-0.2, -0.15) is 0 Å². The Morgan fingerprint density at radius 1 is 0.825 bits per heavy atom. The normalized spacial score (nSPS) is 14.3. The van der Waals surface area contributed by atoms with E-state index in [1.807, 2.05) is 79.4 Å². The summed E-state index contributed by atoms with van der Waals surface area (Å²) in [6, 6.07) is 24.6. The van der Waals surface area contributed by atoms with Gasteiger partial charge in [0.15, 0.2) is 0 Å². The van der Waals surface area contributed by atoms with Crippen molar-refractivity contribution in [3.8, 4) is 0 Å². The van der Waals surface area contributed by atoms with Crippen molar-refractivity contribution in [3.63, 3.8) is 0 Å². The predicted molar refractivity (Wildman–Crippen MR) is 161 cm³/mol. The standard InChI is InChI=1S/C33H40N4O3/c1-4-28(25-14-9-7-10-15-25)32(39)37-21-13-20-36(22-23-37)30-19-18-27(24-29(30)33(40)35(5-2)6-3)34-31(38)26-16-11-8-12-17-26/h7-12,14-19,24,28H,4-6,13,20-23H2,1-3H3,(H,34,38). The number of carbonyl (C=O) groups is 3. The highest BCUT2D eigenvalue weighted by molar-refractivity contribution is 6.06. The van der Waals surface area contributed by atoms with Crippen LogP contribution >= 0.6 is 0 Å². The molecule has 1 fully saturated rings. The van der Waals surface area contributed by atoms with Gasteiger partial charge in [0.1, 0.15) is 0 Å². The van der Waals surface area contributed by atoms with Gasteiger partial charge < -0.3 is 20.0 Å². The minimum atomic E-state index is -0.220.